The predicted octanol–water partition coefficient (Wildman–Crippen LogP) is 3.53. The van der Waals surface area contributed by atoms with E-state index in [1.54, 1.807) is 0 Å². The smallest absolute Gasteiger partial charge is 0.231 e. The van der Waals surface area contributed by atoms with Crippen molar-refractivity contribution in [3.63, 3.8) is 0 Å². The number of carbonyl (C=O) groups excluding carboxylic acids is 1. The van der Waals surface area contributed by atoms with Gasteiger partial charge in [-0.2, -0.15) is 0 Å². The monoisotopic (exact) mass is 320 g/mol. The first-order chi connectivity index (χ1) is 8.95. The number of carbonyl (C=O) groups is 1. The highest BCUT2D eigenvalue weighted by molar-refractivity contribution is 9.10. The highest BCUT2D eigenvalue weighted by Gasteiger charge is 2.26. The van der Waals surface area contributed by atoms with Crippen molar-refractivity contribution in [2.75, 3.05) is 11.9 Å². The quantitative estimate of drug-likeness (QED) is 0.909. The summed E-state index contributed by atoms with van der Waals surface area (Å²) < 4.78 is 1.01. The number of halogens is 1. The molecule has 0 atom stereocenters. The number of fused-ring (bicyclic) bond motifs is 1. The summed E-state index contributed by atoms with van der Waals surface area (Å²) in [7, 11) is 0. The molecule has 3 N–H and O–H groups in total. The third kappa shape index (κ3) is 2.80. The fraction of sp³-hybridized carbons (Fsp3) is 0.267. The molecule has 0 spiro atoms. The highest BCUT2D eigenvalue weighted by atomic mass is 79.9. The molecule has 0 radical (unpaired) electrons. The van der Waals surface area contributed by atoms with Gasteiger partial charge in [0.1, 0.15) is 0 Å². The number of amides is 1. The van der Waals surface area contributed by atoms with Crippen LogP contribution in [0.25, 0.3) is 10.8 Å². The second-order valence-corrected chi connectivity index (χ2v) is 6.04. The molecule has 1 amide bonds. The lowest BCUT2D eigenvalue weighted by Gasteiger charge is -2.22. The van der Waals surface area contributed by atoms with Crippen molar-refractivity contribution >= 4 is 38.3 Å². The highest BCUT2D eigenvalue weighted by Crippen LogP contribution is 2.30. The van der Waals surface area contributed by atoms with Gasteiger partial charge in [-0.15, -0.1) is 0 Å². The molecule has 0 heterocycles. The summed E-state index contributed by atoms with van der Waals surface area (Å²) in [5, 5.41) is 5.05. The Kier molecular flexibility index (Phi) is 3.92. The summed E-state index contributed by atoms with van der Waals surface area (Å²) in [6, 6.07) is 11.8. The molecule has 0 aliphatic rings. The van der Waals surface area contributed by atoms with Crippen LogP contribution in [-0.4, -0.2) is 12.5 Å². The fourth-order valence-corrected chi connectivity index (χ4v) is 2.23. The van der Waals surface area contributed by atoms with Crippen molar-refractivity contribution in [1.29, 1.82) is 0 Å². The molecule has 0 aliphatic carbocycles. The Morgan fingerprint density at radius 2 is 1.84 bits per heavy atom. The molecule has 0 fully saturated rings. The molecule has 0 bridgehead atoms. The lowest BCUT2D eigenvalue weighted by molar-refractivity contribution is -0.123. The normalized spacial score (nSPS) is 11.6. The van der Waals surface area contributed by atoms with E-state index in [9.17, 15) is 4.79 Å². The number of hydrogen-bond donors (Lipinski definition) is 2. The van der Waals surface area contributed by atoms with Crippen molar-refractivity contribution in [1.82, 2.24) is 0 Å². The van der Waals surface area contributed by atoms with Crippen LogP contribution in [0.5, 0.6) is 0 Å². The SMILES string of the molecule is CC(C)(CN)C(=O)Nc1ccc(Br)c2ccccc12. The third-order valence-corrected chi connectivity index (χ3v) is 3.94. The van der Waals surface area contributed by atoms with Gasteiger partial charge in [-0.05, 0) is 31.4 Å². The maximum atomic E-state index is 12.2. The molecule has 0 saturated carbocycles. The van der Waals surface area contributed by atoms with Crippen LogP contribution in [-0.2, 0) is 4.79 Å². The van der Waals surface area contributed by atoms with Gasteiger partial charge in [0.05, 0.1) is 5.41 Å². The predicted molar refractivity (Wildman–Crippen MR) is 83.1 cm³/mol. The van der Waals surface area contributed by atoms with Crippen LogP contribution >= 0.6 is 15.9 Å². The average molecular weight is 321 g/mol. The summed E-state index contributed by atoms with van der Waals surface area (Å²) in [5.41, 5.74) is 5.86. The van der Waals surface area contributed by atoms with E-state index < -0.39 is 5.41 Å². The van der Waals surface area contributed by atoms with Gasteiger partial charge in [-0.3, -0.25) is 4.79 Å². The number of hydrogen-bond acceptors (Lipinski definition) is 2. The Bertz CT molecular complexity index is 623. The molecule has 2 aromatic rings. The molecule has 3 nitrogen and oxygen atoms in total. The van der Waals surface area contributed by atoms with Gasteiger partial charge < -0.3 is 11.1 Å². The van der Waals surface area contributed by atoms with Gasteiger partial charge in [-0.25, -0.2) is 0 Å². The molecule has 0 aliphatic heterocycles. The number of nitrogens with one attached hydrogen (secondary N) is 1. The van der Waals surface area contributed by atoms with E-state index in [2.05, 4.69) is 21.2 Å². The van der Waals surface area contributed by atoms with E-state index in [0.717, 1.165) is 20.9 Å². The summed E-state index contributed by atoms with van der Waals surface area (Å²) >= 11 is 3.52. The van der Waals surface area contributed by atoms with Crippen LogP contribution in [0, 0.1) is 5.41 Å². The Morgan fingerprint density at radius 3 is 2.47 bits per heavy atom. The summed E-state index contributed by atoms with van der Waals surface area (Å²) in [4.78, 5) is 12.2. The van der Waals surface area contributed by atoms with E-state index in [0.29, 0.717) is 6.54 Å². The zero-order chi connectivity index (χ0) is 14.0. The minimum atomic E-state index is -0.575. The maximum absolute atomic E-state index is 12.2. The first kappa shape index (κ1) is 14.0. The van der Waals surface area contributed by atoms with Crippen LogP contribution in [0.2, 0.25) is 0 Å². The van der Waals surface area contributed by atoms with E-state index in [1.807, 2.05) is 50.2 Å². The Morgan fingerprint density at radius 1 is 1.21 bits per heavy atom. The summed E-state index contributed by atoms with van der Waals surface area (Å²) in [5.74, 6) is -0.0672. The maximum Gasteiger partial charge on any atom is 0.231 e. The first-order valence-electron chi connectivity index (χ1n) is 6.14. The topological polar surface area (TPSA) is 55.1 Å². The molecule has 2 aromatic carbocycles. The largest absolute Gasteiger partial charge is 0.329 e. The third-order valence-electron chi connectivity index (χ3n) is 3.24. The molecule has 0 aromatic heterocycles. The van der Waals surface area contributed by atoms with Gasteiger partial charge in [-0.1, -0.05) is 40.2 Å². The zero-order valence-corrected chi connectivity index (χ0v) is 12.6. The fourth-order valence-electron chi connectivity index (χ4n) is 1.76. The van der Waals surface area contributed by atoms with E-state index in [-0.39, 0.29) is 5.91 Å². The standard InChI is InChI=1S/C15H17BrN2O/c1-15(2,9-17)14(19)18-13-8-7-12(16)10-5-3-4-6-11(10)13/h3-8H,9,17H2,1-2H3,(H,18,19). The van der Waals surface area contributed by atoms with Gasteiger partial charge in [0.25, 0.3) is 0 Å². The van der Waals surface area contributed by atoms with Crippen LogP contribution in [0.4, 0.5) is 5.69 Å². The van der Waals surface area contributed by atoms with Crippen molar-refractivity contribution < 1.29 is 4.79 Å². The molecular formula is C15H17BrN2O. The number of anilines is 1. The lowest BCUT2D eigenvalue weighted by Crippen LogP contribution is -2.37. The Balaban J connectivity index is 2.42. The van der Waals surface area contributed by atoms with Crippen LogP contribution in [0.15, 0.2) is 40.9 Å². The first-order valence-corrected chi connectivity index (χ1v) is 6.94. The van der Waals surface area contributed by atoms with Gasteiger partial charge >= 0.3 is 0 Å². The molecule has 2 rings (SSSR count). The van der Waals surface area contributed by atoms with E-state index in [1.165, 1.54) is 0 Å². The summed E-state index contributed by atoms with van der Waals surface area (Å²) in [6.07, 6.45) is 0. The van der Waals surface area contributed by atoms with Gasteiger partial charge in [0.15, 0.2) is 0 Å². The molecule has 100 valence electrons. The van der Waals surface area contributed by atoms with E-state index >= 15 is 0 Å². The molecule has 19 heavy (non-hydrogen) atoms. The van der Waals surface area contributed by atoms with Crippen LogP contribution < -0.4 is 11.1 Å². The lowest BCUT2D eigenvalue weighted by atomic mass is 9.92. The van der Waals surface area contributed by atoms with Crippen molar-refractivity contribution in [3.05, 3.63) is 40.9 Å². The van der Waals surface area contributed by atoms with Gasteiger partial charge in [0, 0.05) is 22.1 Å². The minimum absolute atomic E-state index is 0.0672. The van der Waals surface area contributed by atoms with Crippen LogP contribution in [0.3, 0.4) is 0 Å². The van der Waals surface area contributed by atoms with E-state index in [4.69, 9.17) is 5.73 Å². The summed E-state index contributed by atoms with van der Waals surface area (Å²) in [6.45, 7) is 3.99. The average Bonchev–Trinajstić information content (AvgIpc) is 2.42. The van der Waals surface area contributed by atoms with Crippen molar-refractivity contribution in [3.8, 4) is 0 Å². The number of nitrogens with two attached hydrogens (primary N) is 1. The minimum Gasteiger partial charge on any atom is -0.329 e. The Hall–Kier alpha value is -1.39. The van der Waals surface area contributed by atoms with Crippen molar-refractivity contribution in [2.24, 2.45) is 11.1 Å². The second kappa shape index (κ2) is 5.31. The number of benzene rings is 2. The van der Waals surface area contributed by atoms with Crippen LogP contribution in [0.1, 0.15) is 13.8 Å². The zero-order valence-electron chi connectivity index (χ0n) is 11.0. The van der Waals surface area contributed by atoms with Crippen molar-refractivity contribution in [2.45, 2.75) is 13.8 Å². The molecular weight excluding hydrogens is 304 g/mol. The number of rotatable bonds is 3. The molecule has 0 saturated heterocycles. The molecule has 0 unspecified atom stereocenters. The molecule has 4 heteroatoms. The second-order valence-electron chi connectivity index (χ2n) is 5.18. The Labute approximate surface area is 121 Å². The van der Waals surface area contributed by atoms with Gasteiger partial charge in [0.2, 0.25) is 5.91 Å².